The monoisotopic (exact) mass is 243 g/mol. The number of Topliss-reactive ketones (excluding diaryl/α,β-unsaturated/α-hetero) is 1. The Bertz CT molecular complexity index is 558. The van der Waals surface area contributed by atoms with Crippen LogP contribution in [0.5, 0.6) is 0 Å². The third kappa shape index (κ3) is 2.64. The molecule has 2 heterocycles. The first-order valence-corrected chi connectivity index (χ1v) is 5.97. The van der Waals surface area contributed by atoms with Crippen molar-refractivity contribution in [2.75, 3.05) is 0 Å². The number of aryl methyl sites for hydroxylation is 2. The second-order valence-corrected chi connectivity index (χ2v) is 4.52. The summed E-state index contributed by atoms with van der Waals surface area (Å²) in [5, 5.41) is 4.33. The maximum absolute atomic E-state index is 12.0. The van der Waals surface area contributed by atoms with Crippen molar-refractivity contribution in [2.45, 2.75) is 26.7 Å². The quantitative estimate of drug-likeness (QED) is 0.822. The molecule has 0 saturated carbocycles. The van der Waals surface area contributed by atoms with Crippen LogP contribution in [0.15, 0.2) is 24.5 Å². The molecule has 0 unspecified atom stereocenters. The zero-order chi connectivity index (χ0) is 13.1. The van der Waals surface area contributed by atoms with E-state index < -0.39 is 0 Å². The molecule has 94 valence electrons. The van der Waals surface area contributed by atoms with E-state index in [0.29, 0.717) is 12.8 Å². The summed E-state index contributed by atoms with van der Waals surface area (Å²) in [5.41, 5.74) is 4.07. The maximum atomic E-state index is 12.0. The van der Waals surface area contributed by atoms with Crippen molar-refractivity contribution in [2.24, 2.45) is 7.05 Å². The third-order valence-electron chi connectivity index (χ3n) is 3.18. The van der Waals surface area contributed by atoms with Crippen LogP contribution in [-0.2, 0) is 24.7 Å². The van der Waals surface area contributed by atoms with Crippen LogP contribution in [0.2, 0.25) is 0 Å². The van der Waals surface area contributed by atoms with Gasteiger partial charge in [-0.1, -0.05) is 0 Å². The lowest BCUT2D eigenvalue weighted by Crippen LogP contribution is -2.08. The van der Waals surface area contributed by atoms with Crippen molar-refractivity contribution < 1.29 is 4.79 Å². The lowest BCUT2D eigenvalue weighted by molar-refractivity contribution is -0.117. The summed E-state index contributed by atoms with van der Waals surface area (Å²) < 4.78 is 1.82. The zero-order valence-corrected chi connectivity index (χ0v) is 11.0. The minimum atomic E-state index is 0.209. The standard InChI is InChI=1S/C14H17N3O/c1-10-14(11(2)17(3)16-10)9-13(18)8-12-4-6-15-7-5-12/h4-7H,8-9H2,1-3H3. The molecule has 2 aromatic rings. The fourth-order valence-electron chi connectivity index (χ4n) is 2.06. The Kier molecular flexibility index (Phi) is 3.55. The molecule has 0 spiro atoms. The first kappa shape index (κ1) is 12.5. The Morgan fingerprint density at radius 1 is 1.22 bits per heavy atom. The van der Waals surface area contributed by atoms with Gasteiger partial charge in [-0.05, 0) is 31.5 Å². The fraction of sp³-hybridized carbons (Fsp3) is 0.357. The Balaban J connectivity index is 2.08. The normalized spacial score (nSPS) is 10.6. The topological polar surface area (TPSA) is 47.8 Å². The first-order valence-electron chi connectivity index (χ1n) is 5.97. The summed E-state index contributed by atoms with van der Waals surface area (Å²) in [5.74, 6) is 0.209. The van der Waals surface area contributed by atoms with E-state index in [1.807, 2.05) is 37.7 Å². The number of carbonyl (C=O) groups excluding carboxylic acids is 1. The van der Waals surface area contributed by atoms with Crippen molar-refractivity contribution in [3.8, 4) is 0 Å². The number of rotatable bonds is 4. The van der Waals surface area contributed by atoms with Crippen LogP contribution in [0.25, 0.3) is 0 Å². The van der Waals surface area contributed by atoms with Crippen molar-refractivity contribution in [3.05, 3.63) is 47.0 Å². The predicted octanol–water partition coefficient (Wildman–Crippen LogP) is 1.79. The molecule has 2 aromatic heterocycles. The van der Waals surface area contributed by atoms with Crippen LogP contribution in [0.3, 0.4) is 0 Å². The molecule has 0 fully saturated rings. The molecule has 0 radical (unpaired) electrons. The van der Waals surface area contributed by atoms with Crippen LogP contribution in [0.4, 0.5) is 0 Å². The Morgan fingerprint density at radius 3 is 2.44 bits per heavy atom. The minimum absolute atomic E-state index is 0.209. The molecule has 0 aliphatic heterocycles. The summed E-state index contributed by atoms with van der Waals surface area (Å²) in [6, 6.07) is 3.75. The van der Waals surface area contributed by atoms with Crippen LogP contribution in [-0.4, -0.2) is 20.5 Å². The molecule has 0 aliphatic carbocycles. The highest BCUT2D eigenvalue weighted by Gasteiger charge is 2.13. The van der Waals surface area contributed by atoms with E-state index in [1.54, 1.807) is 12.4 Å². The number of aromatic nitrogens is 3. The number of nitrogens with zero attached hydrogens (tertiary/aromatic N) is 3. The highest BCUT2D eigenvalue weighted by atomic mass is 16.1. The average molecular weight is 243 g/mol. The number of carbonyl (C=O) groups is 1. The molecule has 18 heavy (non-hydrogen) atoms. The molecule has 0 atom stereocenters. The molecule has 0 aliphatic rings. The second kappa shape index (κ2) is 5.12. The molecular weight excluding hydrogens is 226 g/mol. The van der Waals surface area contributed by atoms with Crippen molar-refractivity contribution in [3.63, 3.8) is 0 Å². The summed E-state index contributed by atoms with van der Waals surface area (Å²) >= 11 is 0. The third-order valence-corrected chi connectivity index (χ3v) is 3.18. The highest BCUT2D eigenvalue weighted by molar-refractivity contribution is 5.83. The van der Waals surface area contributed by atoms with Crippen molar-refractivity contribution in [1.82, 2.24) is 14.8 Å². The van der Waals surface area contributed by atoms with Gasteiger partial charge in [0.2, 0.25) is 0 Å². The van der Waals surface area contributed by atoms with Crippen LogP contribution >= 0.6 is 0 Å². The van der Waals surface area contributed by atoms with Gasteiger partial charge in [-0.2, -0.15) is 5.10 Å². The van der Waals surface area contributed by atoms with Gasteiger partial charge < -0.3 is 0 Å². The van der Waals surface area contributed by atoms with Gasteiger partial charge in [0.05, 0.1) is 5.69 Å². The fourth-order valence-corrected chi connectivity index (χ4v) is 2.06. The molecule has 0 saturated heterocycles. The Labute approximate surface area is 107 Å². The van der Waals surface area contributed by atoms with Gasteiger partial charge in [-0.3, -0.25) is 14.5 Å². The molecule has 0 amide bonds. The molecule has 2 rings (SSSR count). The smallest absolute Gasteiger partial charge is 0.141 e. The number of hydrogen-bond acceptors (Lipinski definition) is 3. The van der Waals surface area contributed by atoms with Crippen LogP contribution < -0.4 is 0 Å². The van der Waals surface area contributed by atoms with Gasteiger partial charge in [0.15, 0.2) is 0 Å². The van der Waals surface area contributed by atoms with Gasteiger partial charge in [-0.25, -0.2) is 0 Å². The van der Waals surface area contributed by atoms with E-state index in [-0.39, 0.29) is 5.78 Å². The number of pyridine rings is 1. The molecule has 0 aromatic carbocycles. The van der Waals surface area contributed by atoms with E-state index in [0.717, 1.165) is 22.5 Å². The van der Waals surface area contributed by atoms with E-state index in [4.69, 9.17) is 0 Å². The number of ketones is 1. The molecule has 4 nitrogen and oxygen atoms in total. The maximum Gasteiger partial charge on any atom is 0.141 e. The Hall–Kier alpha value is -1.97. The zero-order valence-electron chi connectivity index (χ0n) is 11.0. The van der Waals surface area contributed by atoms with E-state index in [1.165, 1.54) is 0 Å². The van der Waals surface area contributed by atoms with Crippen LogP contribution in [0, 0.1) is 13.8 Å². The van der Waals surface area contributed by atoms with Gasteiger partial charge >= 0.3 is 0 Å². The number of hydrogen-bond donors (Lipinski definition) is 0. The van der Waals surface area contributed by atoms with Gasteiger partial charge in [0.25, 0.3) is 0 Å². The summed E-state index contributed by atoms with van der Waals surface area (Å²) in [6.07, 6.45) is 4.33. The minimum Gasteiger partial charge on any atom is -0.299 e. The lowest BCUT2D eigenvalue weighted by atomic mass is 10.0. The van der Waals surface area contributed by atoms with Crippen molar-refractivity contribution in [1.29, 1.82) is 0 Å². The molecule has 4 heteroatoms. The highest BCUT2D eigenvalue weighted by Crippen LogP contribution is 2.14. The summed E-state index contributed by atoms with van der Waals surface area (Å²) in [4.78, 5) is 16.0. The van der Waals surface area contributed by atoms with Gasteiger partial charge in [0.1, 0.15) is 5.78 Å². The van der Waals surface area contributed by atoms with Crippen molar-refractivity contribution >= 4 is 5.78 Å². The SMILES string of the molecule is Cc1nn(C)c(C)c1CC(=O)Cc1ccncc1. The molecule has 0 N–H and O–H groups in total. The lowest BCUT2D eigenvalue weighted by Gasteiger charge is -2.02. The van der Waals surface area contributed by atoms with Crippen LogP contribution in [0.1, 0.15) is 22.5 Å². The first-order chi connectivity index (χ1) is 8.58. The summed E-state index contributed by atoms with van der Waals surface area (Å²) in [6.45, 7) is 3.94. The largest absolute Gasteiger partial charge is 0.299 e. The van der Waals surface area contributed by atoms with E-state index in [9.17, 15) is 4.79 Å². The predicted molar refractivity (Wildman–Crippen MR) is 69.3 cm³/mol. The average Bonchev–Trinajstić information content (AvgIpc) is 2.57. The molecule has 0 bridgehead atoms. The summed E-state index contributed by atoms with van der Waals surface area (Å²) in [7, 11) is 1.90. The van der Waals surface area contributed by atoms with Gasteiger partial charge in [-0.15, -0.1) is 0 Å². The molecular formula is C14H17N3O. The second-order valence-electron chi connectivity index (χ2n) is 4.52. The van der Waals surface area contributed by atoms with E-state index in [2.05, 4.69) is 10.1 Å². The van der Waals surface area contributed by atoms with Gasteiger partial charge in [0, 0.05) is 43.5 Å². The van der Waals surface area contributed by atoms with E-state index >= 15 is 0 Å². The Morgan fingerprint density at radius 2 is 1.89 bits per heavy atom.